The summed E-state index contributed by atoms with van der Waals surface area (Å²) in [7, 11) is 1.88. The zero-order valence-corrected chi connectivity index (χ0v) is 23.4. The summed E-state index contributed by atoms with van der Waals surface area (Å²) in [6, 6.07) is 17.1. The molecule has 1 saturated heterocycles. The molecule has 8 nitrogen and oxygen atoms in total. The van der Waals surface area contributed by atoms with E-state index in [2.05, 4.69) is 0 Å². The number of aromatic nitrogens is 2. The van der Waals surface area contributed by atoms with E-state index in [0.717, 1.165) is 48.2 Å². The first-order valence-corrected chi connectivity index (χ1v) is 14.3. The van der Waals surface area contributed by atoms with E-state index >= 15 is 0 Å². The molecule has 1 fully saturated rings. The minimum absolute atomic E-state index is 0.0156. The van der Waals surface area contributed by atoms with Crippen molar-refractivity contribution in [3.63, 3.8) is 0 Å². The number of ether oxygens (including phenoxy) is 2. The third-order valence-electron chi connectivity index (χ3n) is 8.02. The first-order valence-electron chi connectivity index (χ1n) is 14.3. The van der Waals surface area contributed by atoms with Crippen LogP contribution in [-0.4, -0.2) is 44.7 Å². The summed E-state index contributed by atoms with van der Waals surface area (Å²) in [6.07, 6.45) is 6.96. The number of likely N-dealkylation sites (tertiary alicyclic amines) is 1. The molecule has 0 aliphatic carbocycles. The van der Waals surface area contributed by atoms with Crippen molar-refractivity contribution < 1.29 is 19.4 Å². The molecule has 1 amide bonds. The molecule has 0 saturated carbocycles. The van der Waals surface area contributed by atoms with Gasteiger partial charge in [0.15, 0.2) is 5.76 Å². The Bertz CT molecular complexity index is 1380. The van der Waals surface area contributed by atoms with Gasteiger partial charge in [-0.3, -0.25) is 14.3 Å². The molecule has 212 valence electrons. The van der Waals surface area contributed by atoms with E-state index in [0.29, 0.717) is 25.1 Å². The number of carbonyl (C=O) groups excluding carboxylic acids is 1. The van der Waals surface area contributed by atoms with Gasteiger partial charge in [0.1, 0.15) is 0 Å². The van der Waals surface area contributed by atoms with Gasteiger partial charge in [-0.25, -0.2) is 4.68 Å². The lowest BCUT2D eigenvalue weighted by molar-refractivity contribution is -0.156. The van der Waals surface area contributed by atoms with Crippen LogP contribution in [0.15, 0.2) is 71.2 Å². The SMILES string of the molecule is Cc1c(C2C=C(C(=O)N3CCCCCCC3)OC(OCc3ccc(CO)cc3)C2)c(=O)n(-c2ccccc2)n1C. The van der Waals surface area contributed by atoms with Gasteiger partial charge < -0.3 is 19.5 Å². The minimum atomic E-state index is -0.689. The summed E-state index contributed by atoms with van der Waals surface area (Å²) in [5.74, 6) is -0.219. The Kier molecular flexibility index (Phi) is 8.87. The molecule has 2 aromatic carbocycles. The Hall–Kier alpha value is -3.62. The zero-order valence-electron chi connectivity index (χ0n) is 23.4. The third-order valence-corrected chi connectivity index (χ3v) is 8.02. The molecule has 2 unspecified atom stereocenters. The first kappa shape index (κ1) is 27.9. The number of aliphatic hydroxyl groups excluding tert-OH is 1. The van der Waals surface area contributed by atoms with Gasteiger partial charge in [-0.05, 0) is 49.1 Å². The van der Waals surface area contributed by atoms with E-state index in [1.54, 1.807) is 4.68 Å². The lowest BCUT2D eigenvalue weighted by atomic mass is 9.93. The highest BCUT2D eigenvalue weighted by Gasteiger charge is 2.34. The molecule has 1 N–H and O–H groups in total. The molecule has 3 aromatic rings. The van der Waals surface area contributed by atoms with E-state index in [4.69, 9.17) is 9.47 Å². The Morgan fingerprint density at radius 3 is 2.30 bits per heavy atom. The normalized spacial score (nSPS) is 19.9. The van der Waals surface area contributed by atoms with Crippen molar-refractivity contribution in [2.45, 2.75) is 70.9 Å². The highest BCUT2D eigenvalue weighted by atomic mass is 16.7. The predicted molar refractivity (Wildman–Crippen MR) is 153 cm³/mol. The highest BCUT2D eigenvalue weighted by Crippen LogP contribution is 2.33. The maximum absolute atomic E-state index is 13.8. The fourth-order valence-electron chi connectivity index (χ4n) is 5.66. The van der Waals surface area contributed by atoms with Gasteiger partial charge in [-0.2, -0.15) is 0 Å². The number of benzene rings is 2. The topological polar surface area (TPSA) is 85.9 Å². The number of hydrogen-bond acceptors (Lipinski definition) is 5. The maximum atomic E-state index is 13.8. The van der Waals surface area contributed by atoms with Crippen LogP contribution in [0.5, 0.6) is 0 Å². The molecule has 40 heavy (non-hydrogen) atoms. The number of hydrogen-bond donors (Lipinski definition) is 1. The summed E-state index contributed by atoms with van der Waals surface area (Å²) in [6.45, 7) is 3.63. The van der Waals surface area contributed by atoms with Crippen LogP contribution in [0.2, 0.25) is 0 Å². The van der Waals surface area contributed by atoms with Crippen LogP contribution >= 0.6 is 0 Å². The molecule has 1 aromatic heterocycles. The largest absolute Gasteiger partial charge is 0.459 e. The van der Waals surface area contributed by atoms with Crippen LogP contribution in [0.1, 0.15) is 66.8 Å². The van der Waals surface area contributed by atoms with Gasteiger partial charge in [0, 0.05) is 43.7 Å². The molecular formula is C32H39N3O5. The molecule has 2 aliphatic heterocycles. The lowest BCUT2D eigenvalue weighted by Gasteiger charge is -2.32. The number of carbonyl (C=O) groups is 1. The van der Waals surface area contributed by atoms with Gasteiger partial charge in [0.05, 0.1) is 18.9 Å². The lowest BCUT2D eigenvalue weighted by Crippen LogP contribution is -2.38. The van der Waals surface area contributed by atoms with Crippen molar-refractivity contribution in [2.75, 3.05) is 13.1 Å². The highest BCUT2D eigenvalue weighted by molar-refractivity contribution is 5.91. The molecule has 3 heterocycles. The van der Waals surface area contributed by atoms with Gasteiger partial charge in [-0.15, -0.1) is 0 Å². The standard InChI is InChI=1S/C32H39N3O5/c1-23-30(32(38)35(33(23)2)27-11-7-6-8-12-27)26-19-28(31(37)34-17-9-4-3-5-10-18-34)40-29(20-26)39-22-25-15-13-24(21-36)14-16-25/h6-8,11-16,19,26,29,36H,3-5,9-10,17-18,20-22H2,1-2H3. The number of nitrogens with zero attached hydrogens (tertiary/aromatic N) is 3. The number of allylic oxidation sites excluding steroid dienone is 1. The van der Waals surface area contributed by atoms with Crippen molar-refractivity contribution >= 4 is 5.91 Å². The second kappa shape index (κ2) is 12.7. The molecule has 8 heteroatoms. The number of aliphatic hydroxyl groups is 1. The Balaban J connectivity index is 1.45. The fraction of sp³-hybridized carbons (Fsp3) is 0.438. The fourth-order valence-corrected chi connectivity index (χ4v) is 5.66. The summed E-state index contributed by atoms with van der Waals surface area (Å²) in [4.78, 5) is 29.4. The van der Waals surface area contributed by atoms with Crippen molar-refractivity contribution in [2.24, 2.45) is 7.05 Å². The molecule has 0 spiro atoms. The van der Waals surface area contributed by atoms with Crippen molar-refractivity contribution in [3.05, 3.63) is 99.2 Å². The second-order valence-corrected chi connectivity index (χ2v) is 10.7. The minimum Gasteiger partial charge on any atom is -0.459 e. The van der Waals surface area contributed by atoms with Gasteiger partial charge in [0.25, 0.3) is 11.5 Å². The molecule has 5 rings (SSSR count). The van der Waals surface area contributed by atoms with Crippen LogP contribution in [0, 0.1) is 6.92 Å². The average molecular weight is 546 g/mol. The monoisotopic (exact) mass is 545 g/mol. The molecule has 2 atom stereocenters. The Labute approximate surface area is 235 Å². The summed E-state index contributed by atoms with van der Waals surface area (Å²) in [5.41, 5.74) is 3.94. The molecular weight excluding hydrogens is 506 g/mol. The summed E-state index contributed by atoms with van der Waals surface area (Å²) in [5, 5.41) is 9.34. The summed E-state index contributed by atoms with van der Waals surface area (Å²) >= 11 is 0. The maximum Gasteiger partial charge on any atom is 0.288 e. The van der Waals surface area contributed by atoms with Crippen LogP contribution < -0.4 is 5.56 Å². The number of para-hydroxylation sites is 1. The van der Waals surface area contributed by atoms with Gasteiger partial charge in [0.2, 0.25) is 6.29 Å². The van der Waals surface area contributed by atoms with Crippen LogP contribution in [0.25, 0.3) is 5.69 Å². The predicted octanol–water partition coefficient (Wildman–Crippen LogP) is 4.70. The van der Waals surface area contributed by atoms with Crippen LogP contribution in [-0.2, 0) is 34.5 Å². The van der Waals surface area contributed by atoms with Crippen LogP contribution in [0.4, 0.5) is 0 Å². The van der Waals surface area contributed by atoms with Gasteiger partial charge in [-0.1, -0.05) is 61.7 Å². The van der Waals surface area contributed by atoms with E-state index in [1.807, 2.05) is 84.2 Å². The molecule has 0 radical (unpaired) electrons. The smallest absolute Gasteiger partial charge is 0.288 e. The number of rotatable bonds is 7. The van der Waals surface area contributed by atoms with E-state index in [1.165, 1.54) is 6.42 Å². The van der Waals surface area contributed by atoms with Crippen molar-refractivity contribution in [1.82, 2.24) is 14.3 Å². The number of amides is 1. The molecule has 2 aliphatic rings. The second-order valence-electron chi connectivity index (χ2n) is 10.7. The summed E-state index contributed by atoms with van der Waals surface area (Å²) < 4.78 is 15.9. The first-order chi connectivity index (χ1) is 19.5. The van der Waals surface area contributed by atoms with E-state index in [9.17, 15) is 14.7 Å². The Morgan fingerprint density at radius 1 is 0.975 bits per heavy atom. The average Bonchev–Trinajstić information content (AvgIpc) is 3.19. The Morgan fingerprint density at radius 2 is 1.62 bits per heavy atom. The van der Waals surface area contributed by atoms with Crippen molar-refractivity contribution in [3.8, 4) is 5.69 Å². The van der Waals surface area contributed by atoms with Crippen LogP contribution in [0.3, 0.4) is 0 Å². The van der Waals surface area contributed by atoms with E-state index in [-0.39, 0.29) is 36.4 Å². The van der Waals surface area contributed by atoms with Crippen molar-refractivity contribution in [1.29, 1.82) is 0 Å². The molecule has 0 bridgehead atoms. The van der Waals surface area contributed by atoms with Gasteiger partial charge >= 0.3 is 0 Å². The third kappa shape index (κ3) is 6.08. The zero-order chi connectivity index (χ0) is 28.1. The van der Waals surface area contributed by atoms with E-state index < -0.39 is 6.29 Å². The quantitative estimate of drug-likeness (QED) is 0.465.